The molecule has 0 radical (unpaired) electrons. The van der Waals surface area contributed by atoms with Gasteiger partial charge in [-0.1, -0.05) is 30.3 Å². The first-order chi connectivity index (χ1) is 12.6. The van der Waals surface area contributed by atoms with E-state index >= 15 is 0 Å². The summed E-state index contributed by atoms with van der Waals surface area (Å²) in [5.41, 5.74) is 0.785. The first-order valence-electron chi connectivity index (χ1n) is 8.44. The number of ether oxygens (including phenoxy) is 1. The lowest BCUT2D eigenvalue weighted by Crippen LogP contribution is -2.46. The molecule has 1 aliphatic rings. The maximum absolute atomic E-state index is 12.3. The summed E-state index contributed by atoms with van der Waals surface area (Å²) >= 11 is 0. The molecule has 8 heteroatoms. The number of hydrogen-bond acceptors (Lipinski definition) is 5. The number of piperidine rings is 1. The maximum atomic E-state index is 12.3. The van der Waals surface area contributed by atoms with E-state index in [-0.39, 0.29) is 29.8 Å². The van der Waals surface area contributed by atoms with Crippen molar-refractivity contribution in [3.05, 3.63) is 64.1 Å². The standard InChI is InChI=1S/C18H20N4O4/c23-16-7-6-15(20-21-16)17(24)22-10-8-14(9-11-22)19-18(25)26-12-13-4-2-1-3-5-13/h1-7,14H,8-12H2,(H,19,25)(H,21,23). The predicted molar refractivity (Wildman–Crippen MR) is 93.5 cm³/mol. The van der Waals surface area contributed by atoms with Crippen LogP contribution in [0.15, 0.2) is 47.3 Å². The molecule has 0 bridgehead atoms. The molecule has 1 aromatic heterocycles. The van der Waals surface area contributed by atoms with Crippen LogP contribution in [0.3, 0.4) is 0 Å². The molecule has 1 saturated heterocycles. The monoisotopic (exact) mass is 356 g/mol. The molecule has 8 nitrogen and oxygen atoms in total. The fourth-order valence-electron chi connectivity index (χ4n) is 2.78. The second kappa shape index (κ2) is 8.28. The summed E-state index contributed by atoms with van der Waals surface area (Å²) in [6.45, 7) is 1.23. The van der Waals surface area contributed by atoms with E-state index in [4.69, 9.17) is 4.74 Å². The second-order valence-corrected chi connectivity index (χ2v) is 6.08. The number of H-pyrrole nitrogens is 1. The Hall–Kier alpha value is -3.16. The molecule has 0 spiro atoms. The Morgan fingerprint density at radius 1 is 1.15 bits per heavy atom. The number of hydrogen-bond donors (Lipinski definition) is 2. The first kappa shape index (κ1) is 17.7. The van der Waals surface area contributed by atoms with Crippen LogP contribution in [0.1, 0.15) is 28.9 Å². The summed E-state index contributed by atoms with van der Waals surface area (Å²) in [5, 5.41) is 8.84. The van der Waals surface area contributed by atoms with Gasteiger partial charge in [0.25, 0.3) is 11.5 Å². The Morgan fingerprint density at radius 2 is 1.88 bits per heavy atom. The normalized spacial score (nSPS) is 14.7. The minimum atomic E-state index is -0.457. The smallest absolute Gasteiger partial charge is 0.407 e. The van der Waals surface area contributed by atoms with E-state index in [0.29, 0.717) is 25.9 Å². The summed E-state index contributed by atoms with van der Waals surface area (Å²) in [4.78, 5) is 36.9. The minimum absolute atomic E-state index is 0.0362. The van der Waals surface area contributed by atoms with E-state index in [1.165, 1.54) is 12.1 Å². The van der Waals surface area contributed by atoms with Crippen LogP contribution in [0, 0.1) is 0 Å². The highest BCUT2D eigenvalue weighted by Crippen LogP contribution is 2.13. The maximum Gasteiger partial charge on any atom is 0.407 e. The number of aromatic nitrogens is 2. The van der Waals surface area contributed by atoms with Crippen LogP contribution in [-0.2, 0) is 11.3 Å². The Labute approximate surface area is 150 Å². The molecule has 136 valence electrons. The van der Waals surface area contributed by atoms with Gasteiger partial charge in [0, 0.05) is 25.2 Å². The molecular weight excluding hydrogens is 336 g/mol. The quantitative estimate of drug-likeness (QED) is 0.859. The van der Waals surface area contributed by atoms with Crippen LogP contribution in [-0.4, -0.2) is 46.2 Å². The van der Waals surface area contributed by atoms with Gasteiger partial charge in [-0.15, -0.1) is 0 Å². The van der Waals surface area contributed by atoms with Crippen molar-refractivity contribution in [1.29, 1.82) is 0 Å². The predicted octanol–water partition coefficient (Wildman–Crippen LogP) is 1.30. The van der Waals surface area contributed by atoms with Gasteiger partial charge in [-0.3, -0.25) is 9.59 Å². The number of likely N-dealkylation sites (tertiary alicyclic amines) is 1. The van der Waals surface area contributed by atoms with Crippen LogP contribution in [0.2, 0.25) is 0 Å². The van der Waals surface area contributed by atoms with Gasteiger partial charge in [0.1, 0.15) is 12.3 Å². The van der Waals surface area contributed by atoms with Crippen LogP contribution < -0.4 is 10.9 Å². The van der Waals surface area contributed by atoms with Gasteiger partial charge in [0.15, 0.2) is 0 Å². The number of benzene rings is 1. The van der Waals surface area contributed by atoms with Crippen molar-refractivity contribution in [2.75, 3.05) is 13.1 Å². The van der Waals surface area contributed by atoms with Gasteiger partial charge in [0.2, 0.25) is 0 Å². The molecule has 0 unspecified atom stereocenters. The zero-order chi connectivity index (χ0) is 18.4. The zero-order valence-electron chi connectivity index (χ0n) is 14.2. The topological polar surface area (TPSA) is 104 Å². The van der Waals surface area contributed by atoms with Crippen LogP contribution >= 0.6 is 0 Å². The fraction of sp³-hybridized carbons (Fsp3) is 0.333. The average Bonchev–Trinajstić information content (AvgIpc) is 2.68. The number of amides is 2. The third-order valence-corrected chi connectivity index (χ3v) is 4.22. The number of rotatable bonds is 4. The molecule has 3 rings (SSSR count). The highest BCUT2D eigenvalue weighted by molar-refractivity contribution is 5.92. The van der Waals surface area contributed by atoms with Crippen molar-refractivity contribution in [3.8, 4) is 0 Å². The number of nitrogens with one attached hydrogen (secondary N) is 2. The van der Waals surface area contributed by atoms with E-state index in [1.54, 1.807) is 4.90 Å². The van der Waals surface area contributed by atoms with E-state index in [9.17, 15) is 14.4 Å². The number of alkyl carbamates (subject to hydrolysis) is 1. The lowest BCUT2D eigenvalue weighted by molar-refractivity contribution is 0.0693. The second-order valence-electron chi connectivity index (χ2n) is 6.08. The lowest BCUT2D eigenvalue weighted by Gasteiger charge is -2.31. The minimum Gasteiger partial charge on any atom is -0.445 e. The summed E-state index contributed by atoms with van der Waals surface area (Å²) in [7, 11) is 0. The van der Waals surface area contributed by atoms with E-state index in [1.807, 2.05) is 30.3 Å². The van der Waals surface area contributed by atoms with Gasteiger partial charge in [0.05, 0.1) is 0 Å². The van der Waals surface area contributed by atoms with Crippen molar-refractivity contribution in [2.24, 2.45) is 0 Å². The molecule has 26 heavy (non-hydrogen) atoms. The van der Waals surface area contributed by atoms with E-state index < -0.39 is 6.09 Å². The number of carbonyl (C=O) groups excluding carboxylic acids is 2. The molecule has 0 saturated carbocycles. The summed E-state index contributed by atoms with van der Waals surface area (Å²) < 4.78 is 5.21. The van der Waals surface area contributed by atoms with Crippen molar-refractivity contribution >= 4 is 12.0 Å². The molecule has 1 aromatic carbocycles. The zero-order valence-corrected chi connectivity index (χ0v) is 14.2. The average molecular weight is 356 g/mol. The largest absolute Gasteiger partial charge is 0.445 e. The van der Waals surface area contributed by atoms with Crippen LogP contribution in [0.4, 0.5) is 4.79 Å². The number of carbonyl (C=O) groups is 2. The SMILES string of the molecule is O=C(NC1CCN(C(=O)c2ccc(=O)[nH]n2)CC1)OCc1ccccc1. The Bertz CT molecular complexity index is 793. The lowest BCUT2D eigenvalue weighted by atomic mass is 10.0. The van der Waals surface area contributed by atoms with E-state index in [2.05, 4.69) is 15.5 Å². The van der Waals surface area contributed by atoms with Gasteiger partial charge in [-0.2, -0.15) is 5.10 Å². The van der Waals surface area contributed by atoms with Gasteiger partial charge in [-0.05, 0) is 24.5 Å². The van der Waals surface area contributed by atoms with E-state index in [0.717, 1.165) is 5.56 Å². The molecular formula is C18H20N4O4. The summed E-state index contributed by atoms with van der Waals surface area (Å²) in [5.74, 6) is -0.230. The fourth-order valence-corrected chi connectivity index (χ4v) is 2.78. The Kier molecular flexibility index (Phi) is 5.62. The summed E-state index contributed by atoms with van der Waals surface area (Å²) in [6.07, 6.45) is 0.811. The molecule has 2 aromatic rings. The summed E-state index contributed by atoms with van der Waals surface area (Å²) in [6, 6.07) is 12.1. The molecule has 1 aliphatic heterocycles. The molecule has 0 aliphatic carbocycles. The number of nitrogens with zero attached hydrogens (tertiary/aromatic N) is 2. The highest BCUT2D eigenvalue weighted by atomic mass is 16.5. The number of aromatic amines is 1. The van der Waals surface area contributed by atoms with Crippen molar-refractivity contribution in [1.82, 2.24) is 20.4 Å². The van der Waals surface area contributed by atoms with Gasteiger partial charge < -0.3 is 15.0 Å². The molecule has 0 atom stereocenters. The van der Waals surface area contributed by atoms with Crippen molar-refractivity contribution in [3.63, 3.8) is 0 Å². The van der Waals surface area contributed by atoms with Gasteiger partial charge >= 0.3 is 6.09 Å². The molecule has 1 fully saturated rings. The van der Waals surface area contributed by atoms with Crippen molar-refractivity contribution in [2.45, 2.75) is 25.5 Å². The van der Waals surface area contributed by atoms with Gasteiger partial charge in [-0.25, -0.2) is 9.89 Å². The third-order valence-electron chi connectivity index (χ3n) is 4.22. The van der Waals surface area contributed by atoms with Crippen LogP contribution in [0.25, 0.3) is 0 Å². The molecule has 2 amide bonds. The first-order valence-corrected chi connectivity index (χ1v) is 8.44. The Morgan fingerprint density at radius 3 is 2.54 bits per heavy atom. The van der Waals surface area contributed by atoms with Crippen molar-refractivity contribution < 1.29 is 14.3 Å². The molecule has 2 heterocycles. The van der Waals surface area contributed by atoms with Crippen LogP contribution in [0.5, 0.6) is 0 Å². The Balaban J connectivity index is 1.43. The third kappa shape index (κ3) is 4.69. The molecule has 2 N–H and O–H groups in total. The highest BCUT2D eigenvalue weighted by Gasteiger charge is 2.25.